The van der Waals surface area contributed by atoms with Crippen molar-refractivity contribution in [2.45, 2.75) is 6.54 Å². The Morgan fingerprint density at radius 3 is 2.81 bits per heavy atom. The van der Waals surface area contributed by atoms with Gasteiger partial charge < -0.3 is 14.8 Å². The van der Waals surface area contributed by atoms with Gasteiger partial charge in [-0.2, -0.15) is 0 Å². The molecular weight excluding hydrogens is 380 g/mol. The quantitative estimate of drug-likeness (QED) is 0.782. The zero-order valence-corrected chi connectivity index (χ0v) is 14.4. The SMILES string of the molecule is COC(=O)c1cc(Br)c(NCc2cnc(Cl)s2)cc1OC. The number of halogens is 2. The fraction of sp³-hybridized carbons (Fsp3) is 0.231. The molecule has 21 heavy (non-hydrogen) atoms. The lowest BCUT2D eigenvalue weighted by Crippen LogP contribution is -2.06. The molecular formula is C13H12BrClN2O3S. The topological polar surface area (TPSA) is 60.5 Å². The lowest BCUT2D eigenvalue weighted by molar-refractivity contribution is 0.0597. The highest BCUT2D eigenvalue weighted by atomic mass is 79.9. The van der Waals surface area contributed by atoms with Crippen LogP contribution in [0.1, 0.15) is 15.2 Å². The number of nitrogens with zero attached hydrogens (tertiary/aromatic N) is 1. The summed E-state index contributed by atoms with van der Waals surface area (Å²) in [6.45, 7) is 0.573. The number of carbonyl (C=O) groups is 1. The van der Waals surface area contributed by atoms with E-state index < -0.39 is 5.97 Å². The van der Waals surface area contributed by atoms with Gasteiger partial charge in [-0.1, -0.05) is 11.6 Å². The third-order valence-corrected chi connectivity index (χ3v) is 4.44. The first-order chi connectivity index (χ1) is 10.0. The van der Waals surface area contributed by atoms with Crippen LogP contribution in [0, 0.1) is 0 Å². The third kappa shape index (κ3) is 3.87. The Morgan fingerprint density at radius 1 is 1.48 bits per heavy atom. The van der Waals surface area contributed by atoms with Crippen LogP contribution >= 0.6 is 38.9 Å². The molecule has 0 amide bonds. The number of rotatable bonds is 5. The molecule has 0 aliphatic carbocycles. The Morgan fingerprint density at radius 2 is 2.24 bits per heavy atom. The van der Waals surface area contributed by atoms with Gasteiger partial charge in [0.25, 0.3) is 0 Å². The summed E-state index contributed by atoms with van der Waals surface area (Å²) in [6, 6.07) is 3.39. The van der Waals surface area contributed by atoms with Gasteiger partial charge in [-0.3, -0.25) is 0 Å². The lowest BCUT2D eigenvalue weighted by Gasteiger charge is -2.12. The monoisotopic (exact) mass is 390 g/mol. The Kier molecular flexibility index (Phi) is 5.44. The fourth-order valence-electron chi connectivity index (χ4n) is 1.67. The number of aromatic nitrogens is 1. The second-order valence-corrected chi connectivity index (χ2v) is 6.51. The first-order valence-corrected chi connectivity index (χ1v) is 7.83. The van der Waals surface area contributed by atoms with Crippen molar-refractivity contribution >= 4 is 50.5 Å². The molecule has 0 atom stereocenters. The molecule has 0 saturated heterocycles. The summed E-state index contributed by atoms with van der Waals surface area (Å²) in [5.74, 6) is -0.0109. The van der Waals surface area contributed by atoms with Gasteiger partial charge in [0, 0.05) is 21.6 Å². The summed E-state index contributed by atoms with van der Waals surface area (Å²) in [5, 5.41) is 3.23. The molecule has 0 saturated carbocycles. The van der Waals surface area contributed by atoms with E-state index in [9.17, 15) is 4.79 Å². The molecule has 0 bridgehead atoms. The van der Waals surface area contributed by atoms with Gasteiger partial charge in [-0.05, 0) is 22.0 Å². The van der Waals surface area contributed by atoms with E-state index >= 15 is 0 Å². The minimum absolute atomic E-state index is 0.359. The molecule has 0 unspecified atom stereocenters. The fourth-order valence-corrected chi connectivity index (χ4v) is 3.08. The van der Waals surface area contributed by atoms with Crippen molar-refractivity contribution in [3.8, 4) is 5.75 Å². The van der Waals surface area contributed by atoms with Gasteiger partial charge in [-0.25, -0.2) is 9.78 Å². The van der Waals surface area contributed by atoms with Gasteiger partial charge in [-0.15, -0.1) is 11.3 Å². The minimum atomic E-state index is -0.451. The minimum Gasteiger partial charge on any atom is -0.496 e. The van der Waals surface area contributed by atoms with Crippen molar-refractivity contribution < 1.29 is 14.3 Å². The van der Waals surface area contributed by atoms with E-state index in [1.54, 1.807) is 18.3 Å². The summed E-state index contributed by atoms with van der Waals surface area (Å²) in [4.78, 5) is 16.7. The number of carbonyl (C=O) groups excluding carboxylic acids is 1. The zero-order chi connectivity index (χ0) is 15.4. The molecule has 1 N–H and O–H groups in total. The summed E-state index contributed by atoms with van der Waals surface area (Å²) >= 11 is 10.6. The summed E-state index contributed by atoms with van der Waals surface area (Å²) in [6.07, 6.45) is 1.72. The van der Waals surface area contributed by atoms with E-state index in [-0.39, 0.29) is 0 Å². The van der Waals surface area contributed by atoms with Crippen molar-refractivity contribution in [2.75, 3.05) is 19.5 Å². The molecule has 0 spiro atoms. The van der Waals surface area contributed by atoms with Crippen LogP contribution in [0.15, 0.2) is 22.8 Å². The van der Waals surface area contributed by atoms with Crippen LogP contribution in [-0.2, 0) is 11.3 Å². The molecule has 2 aromatic rings. The number of nitrogens with one attached hydrogen (secondary N) is 1. The number of anilines is 1. The van der Waals surface area contributed by atoms with E-state index in [0.717, 1.165) is 15.0 Å². The maximum atomic E-state index is 11.7. The normalized spacial score (nSPS) is 10.3. The molecule has 0 radical (unpaired) electrons. The Balaban J connectivity index is 2.22. The maximum Gasteiger partial charge on any atom is 0.341 e. The van der Waals surface area contributed by atoms with E-state index in [2.05, 4.69) is 26.2 Å². The van der Waals surface area contributed by atoms with Gasteiger partial charge in [0.05, 0.1) is 26.5 Å². The van der Waals surface area contributed by atoms with Crippen LogP contribution in [0.3, 0.4) is 0 Å². The van der Waals surface area contributed by atoms with E-state index in [4.69, 9.17) is 21.1 Å². The molecule has 5 nitrogen and oxygen atoms in total. The van der Waals surface area contributed by atoms with Crippen molar-refractivity contribution in [3.63, 3.8) is 0 Å². The highest BCUT2D eigenvalue weighted by Crippen LogP contribution is 2.32. The van der Waals surface area contributed by atoms with Crippen molar-refractivity contribution in [2.24, 2.45) is 0 Å². The van der Waals surface area contributed by atoms with E-state index in [0.29, 0.717) is 22.3 Å². The predicted octanol–water partition coefficient (Wildman–Crippen LogP) is 3.97. The number of hydrogen-bond donors (Lipinski definition) is 1. The molecule has 8 heteroatoms. The third-order valence-electron chi connectivity index (χ3n) is 2.67. The second-order valence-electron chi connectivity index (χ2n) is 3.96. The largest absolute Gasteiger partial charge is 0.496 e. The zero-order valence-electron chi connectivity index (χ0n) is 11.3. The van der Waals surface area contributed by atoms with Crippen LogP contribution in [0.5, 0.6) is 5.75 Å². The van der Waals surface area contributed by atoms with Gasteiger partial charge in [0.2, 0.25) is 0 Å². The van der Waals surface area contributed by atoms with Crippen LogP contribution in [0.4, 0.5) is 5.69 Å². The number of esters is 1. The number of benzene rings is 1. The highest BCUT2D eigenvalue weighted by molar-refractivity contribution is 9.10. The number of methoxy groups -OCH3 is 2. The smallest absolute Gasteiger partial charge is 0.341 e. The van der Waals surface area contributed by atoms with Crippen molar-refractivity contribution in [3.05, 3.63) is 37.7 Å². The molecule has 1 aromatic heterocycles. The lowest BCUT2D eigenvalue weighted by atomic mass is 10.2. The van der Waals surface area contributed by atoms with Crippen LogP contribution in [-0.4, -0.2) is 25.2 Å². The van der Waals surface area contributed by atoms with E-state index in [1.807, 2.05) is 0 Å². The summed E-state index contributed by atoms with van der Waals surface area (Å²) < 4.78 is 11.2. The van der Waals surface area contributed by atoms with Crippen molar-refractivity contribution in [1.29, 1.82) is 0 Å². The van der Waals surface area contributed by atoms with Crippen molar-refractivity contribution in [1.82, 2.24) is 4.98 Å². The second kappa shape index (κ2) is 7.11. The van der Waals surface area contributed by atoms with Gasteiger partial charge in [0.15, 0.2) is 4.47 Å². The number of ether oxygens (including phenoxy) is 2. The van der Waals surface area contributed by atoms with Crippen LogP contribution in [0.25, 0.3) is 0 Å². The molecule has 1 heterocycles. The van der Waals surface area contributed by atoms with Crippen LogP contribution < -0.4 is 10.1 Å². The summed E-state index contributed by atoms with van der Waals surface area (Å²) in [7, 11) is 2.83. The molecule has 0 fully saturated rings. The molecule has 2 rings (SSSR count). The molecule has 0 aliphatic heterocycles. The Hall–Kier alpha value is -1.31. The molecule has 112 valence electrons. The first kappa shape index (κ1) is 16.1. The number of thiazole rings is 1. The Labute approximate surface area is 139 Å². The average Bonchev–Trinajstić information content (AvgIpc) is 2.90. The Bertz CT molecular complexity index is 663. The summed E-state index contributed by atoms with van der Waals surface area (Å²) in [5.41, 5.74) is 1.15. The predicted molar refractivity (Wildman–Crippen MR) is 86.5 cm³/mol. The van der Waals surface area contributed by atoms with Gasteiger partial charge in [0.1, 0.15) is 11.3 Å². The average molecular weight is 392 g/mol. The maximum absolute atomic E-state index is 11.7. The number of hydrogen-bond acceptors (Lipinski definition) is 6. The molecule has 0 aliphatic rings. The van der Waals surface area contributed by atoms with Crippen LogP contribution in [0.2, 0.25) is 4.47 Å². The van der Waals surface area contributed by atoms with E-state index in [1.165, 1.54) is 25.6 Å². The first-order valence-electron chi connectivity index (χ1n) is 5.85. The molecule has 1 aromatic carbocycles. The standard InChI is InChI=1S/C13H12BrClN2O3S/c1-19-11-4-10(9(14)3-8(11)12(18)20-2)16-5-7-6-17-13(15)21-7/h3-4,6,16H,5H2,1-2H3. The highest BCUT2D eigenvalue weighted by Gasteiger charge is 2.16. The van der Waals surface area contributed by atoms with Gasteiger partial charge >= 0.3 is 5.97 Å².